The van der Waals surface area contributed by atoms with Crippen LogP contribution in [0.5, 0.6) is 0 Å². The second kappa shape index (κ2) is 6.41. The summed E-state index contributed by atoms with van der Waals surface area (Å²) < 4.78 is 13.3. The molecule has 0 N–H and O–H groups in total. The van der Waals surface area contributed by atoms with Gasteiger partial charge in [0, 0.05) is 30.9 Å². The van der Waals surface area contributed by atoms with Crippen molar-refractivity contribution in [1.82, 2.24) is 9.88 Å². The summed E-state index contributed by atoms with van der Waals surface area (Å²) in [7, 11) is 2.20. The van der Waals surface area contributed by atoms with Crippen molar-refractivity contribution in [3.63, 3.8) is 0 Å². The molecule has 1 aliphatic carbocycles. The Bertz CT molecular complexity index is 759. The zero-order valence-electron chi connectivity index (χ0n) is 15.3. The van der Waals surface area contributed by atoms with Crippen molar-refractivity contribution in [2.45, 2.75) is 45.2 Å². The van der Waals surface area contributed by atoms with Gasteiger partial charge in [0.1, 0.15) is 11.6 Å². The van der Waals surface area contributed by atoms with Crippen molar-refractivity contribution in [2.24, 2.45) is 0 Å². The number of aryl methyl sites for hydroxylation is 1. The monoisotopic (exact) mass is 339 g/mol. The average Bonchev–Trinajstić information content (AvgIpc) is 3.07. The lowest BCUT2D eigenvalue weighted by Crippen LogP contribution is -2.55. The summed E-state index contributed by atoms with van der Waals surface area (Å²) in [6.45, 7) is 6.54. The zero-order valence-corrected chi connectivity index (χ0v) is 15.3. The van der Waals surface area contributed by atoms with Gasteiger partial charge in [-0.1, -0.05) is 12.1 Å². The van der Waals surface area contributed by atoms with Gasteiger partial charge >= 0.3 is 0 Å². The van der Waals surface area contributed by atoms with Crippen molar-refractivity contribution in [2.75, 3.05) is 25.0 Å². The summed E-state index contributed by atoms with van der Waals surface area (Å²) in [6, 6.07) is 10.1. The fraction of sp³-hybridized carbons (Fsp3) is 0.476. The van der Waals surface area contributed by atoms with Crippen molar-refractivity contribution in [3.8, 4) is 11.1 Å². The van der Waals surface area contributed by atoms with E-state index in [1.807, 2.05) is 12.1 Å². The molecule has 2 unspecified atom stereocenters. The number of nitrogens with zero attached hydrogens (tertiary/aromatic N) is 3. The minimum Gasteiger partial charge on any atom is -0.353 e. The second-order valence-electron chi connectivity index (χ2n) is 7.58. The standard InChI is InChI=1S/C21H26FN3/c1-14-12-25(13-15(2)24(14)3)21-11-19(16-7-9-17(22)10-8-16)18-5-4-6-20(18)23-21/h7-11,14-15H,4-6,12-13H2,1-3H3. The lowest BCUT2D eigenvalue weighted by Gasteiger charge is -2.43. The Morgan fingerprint density at radius 3 is 2.40 bits per heavy atom. The van der Waals surface area contributed by atoms with Gasteiger partial charge in [0.05, 0.1) is 0 Å². The van der Waals surface area contributed by atoms with Crippen LogP contribution in [0.4, 0.5) is 10.2 Å². The van der Waals surface area contributed by atoms with E-state index in [0.717, 1.165) is 43.7 Å². The Labute approximate surface area is 149 Å². The van der Waals surface area contributed by atoms with Crippen molar-refractivity contribution in [1.29, 1.82) is 0 Å². The summed E-state index contributed by atoms with van der Waals surface area (Å²) in [4.78, 5) is 9.86. The molecule has 2 aromatic rings. The molecule has 0 saturated carbocycles. The predicted molar refractivity (Wildman–Crippen MR) is 101 cm³/mol. The average molecular weight is 339 g/mol. The number of hydrogen-bond acceptors (Lipinski definition) is 3. The molecule has 1 aliphatic heterocycles. The molecule has 0 radical (unpaired) electrons. The molecule has 2 atom stereocenters. The number of likely N-dealkylation sites (N-methyl/N-ethyl adjacent to an activating group) is 1. The van der Waals surface area contributed by atoms with Crippen LogP contribution < -0.4 is 4.90 Å². The van der Waals surface area contributed by atoms with E-state index >= 15 is 0 Å². The number of pyridine rings is 1. The quantitative estimate of drug-likeness (QED) is 0.827. The minimum absolute atomic E-state index is 0.184. The Balaban J connectivity index is 1.75. The molecular formula is C21H26FN3. The third kappa shape index (κ3) is 3.04. The molecule has 4 heteroatoms. The molecule has 4 rings (SSSR count). The van der Waals surface area contributed by atoms with E-state index in [1.165, 1.54) is 16.8 Å². The van der Waals surface area contributed by atoms with Gasteiger partial charge in [-0.25, -0.2) is 9.37 Å². The number of hydrogen-bond donors (Lipinski definition) is 0. The van der Waals surface area contributed by atoms with Gasteiger partial charge < -0.3 is 4.90 Å². The van der Waals surface area contributed by atoms with Gasteiger partial charge in [-0.2, -0.15) is 0 Å². The minimum atomic E-state index is -0.184. The molecular weight excluding hydrogens is 313 g/mol. The summed E-state index contributed by atoms with van der Waals surface area (Å²) in [5.41, 5.74) is 4.91. The third-order valence-corrected chi connectivity index (χ3v) is 5.88. The molecule has 0 bridgehead atoms. The van der Waals surface area contributed by atoms with Crippen molar-refractivity contribution in [3.05, 3.63) is 47.4 Å². The maximum atomic E-state index is 13.3. The Kier molecular flexibility index (Phi) is 4.24. The summed E-state index contributed by atoms with van der Waals surface area (Å²) in [5, 5.41) is 0. The highest BCUT2D eigenvalue weighted by Crippen LogP contribution is 2.35. The lowest BCUT2D eigenvalue weighted by atomic mass is 9.99. The van der Waals surface area contributed by atoms with Gasteiger partial charge in [0.2, 0.25) is 0 Å². The molecule has 0 amide bonds. The molecule has 2 aliphatic rings. The normalized spacial score (nSPS) is 23.8. The number of rotatable bonds is 2. The number of piperazine rings is 1. The maximum absolute atomic E-state index is 13.3. The van der Waals surface area contributed by atoms with Crippen LogP contribution in [-0.2, 0) is 12.8 Å². The van der Waals surface area contributed by atoms with Gasteiger partial charge in [-0.05, 0) is 75.0 Å². The van der Waals surface area contributed by atoms with E-state index < -0.39 is 0 Å². The molecule has 1 fully saturated rings. The first kappa shape index (κ1) is 16.5. The molecule has 1 aromatic carbocycles. The van der Waals surface area contributed by atoms with E-state index in [2.05, 4.69) is 36.8 Å². The summed E-state index contributed by atoms with van der Waals surface area (Å²) in [6.07, 6.45) is 3.29. The van der Waals surface area contributed by atoms with Gasteiger partial charge in [0.15, 0.2) is 0 Å². The fourth-order valence-electron chi connectivity index (χ4n) is 4.17. The van der Waals surface area contributed by atoms with E-state index in [9.17, 15) is 4.39 Å². The first-order valence-electron chi connectivity index (χ1n) is 9.28. The SMILES string of the molecule is CC1CN(c2cc(-c3ccc(F)cc3)c3c(n2)CCC3)CC(C)N1C. The van der Waals surface area contributed by atoms with Crippen LogP contribution in [0.2, 0.25) is 0 Å². The second-order valence-corrected chi connectivity index (χ2v) is 7.58. The first-order valence-corrected chi connectivity index (χ1v) is 9.28. The largest absolute Gasteiger partial charge is 0.353 e. The highest BCUT2D eigenvalue weighted by Gasteiger charge is 2.29. The van der Waals surface area contributed by atoms with Crippen LogP contribution in [0.1, 0.15) is 31.5 Å². The van der Waals surface area contributed by atoms with Crippen LogP contribution in [-0.4, -0.2) is 42.1 Å². The lowest BCUT2D eigenvalue weighted by molar-refractivity contribution is 0.169. The van der Waals surface area contributed by atoms with E-state index in [0.29, 0.717) is 12.1 Å². The number of halogens is 1. The number of fused-ring (bicyclic) bond motifs is 1. The number of aromatic nitrogens is 1. The zero-order chi connectivity index (χ0) is 17.6. The Morgan fingerprint density at radius 2 is 1.72 bits per heavy atom. The Hall–Kier alpha value is -1.94. The molecule has 3 nitrogen and oxygen atoms in total. The highest BCUT2D eigenvalue weighted by molar-refractivity contribution is 5.72. The van der Waals surface area contributed by atoms with Crippen LogP contribution in [0.15, 0.2) is 30.3 Å². The molecule has 25 heavy (non-hydrogen) atoms. The van der Waals surface area contributed by atoms with Gasteiger partial charge in [-0.15, -0.1) is 0 Å². The van der Waals surface area contributed by atoms with Crippen molar-refractivity contribution < 1.29 is 4.39 Å². The third-order valence-electron chi connectivity index (χ3n) is 5.88. The maximum Gasteiger partial charge on any atom is 0.129 e. The van der Waals surface area contributed by atoms with Crippen LogP contribution >= 0.6 is 0 Å². The highest BCUT2D eigenvalue weighted by atomic mass is 19.1. The first-order chi connectivity index (χ1) is 12.0. The summed E-state index contributed by atoms with van der Waals surface area (Å²) in [5.74, 6) is 0.892. The van der Waals surface area contributed by atoms with Crippen molar-refractivity contribution >= 4 is 5.82 Å². The number of anilines is 1. The van der Waals surface area contributed by atoms with Gasteiger partial charge in [-0.3, -0.25) is 4.90 Å². The van der Waals surface area contributed by atoms with E-state index in [1.54, 1.807) is 12.1 Å². The van der Waals surface area contributed by atoms with E-state index in [-0.39, 0.29) is 5.82 Å². The molecule has 132 valence electrons. The molecule has 1 aromatic heterocycles. The van der Waals surface area contributed by atoms with Gasteiger partial charge in [0.25, 0.3) is 0 Å². The van der Waals surface area contributed by atoms with Crippen LogP contribution in [0.25, 0.3) is 11.1 Å². The Morgan fingerprint density at radius 1 is 1.04 bits per heavy atom. The van der Waals surface area contributed by atoms with Crippen LogP contribution in [0.3, 0.4) is 0 Å². The van der Waals surface area contributed by atoms with Crippen LogP contribution in [0, 0.1) is 5.82 Å². The number of benzene rings is 1. The smallest absolute Gasteiger partial charge is 0.129 e. The molecule has 1 saturated heterocycles. The topological polar surface area (TPSA) is 19.4 Å². The predicted octanol–water partition coefficient (Wildman–Crippen LogP) is 3.91. The van der Waals surface area contributed by atoms with E-state index in [4.69, 9.17) is 4.98 Å². The fourth-order valence-corrected chi connectivity index (χ4v) is 4.17. The molecule has 2 heterocycles. The molecule has 0 spiro atoms. The summed E-state index contributed by atoms with van der Waals surface area (Å²) >= 11 is 0.